The molecule has 60 valence electrons. The standard InChI is InChI=1S/C7H10ClN3/c1-7(2-3-7)6-9-5(4-8)10-11-6/h2-4H2,1H3,(H,9,10,11). The molecule has 0 aliphatic heterocycles. The quantitative estimate of drug-likeness (QED) is 0.687. The van der Waals surface area contributed by atoms with Crippen molar-refractivity contribution in [2.75, 3.05) is 0 Å². The Hall–Kier alpha value is -0.570. The number of nitrogens with zero attached hydrogens (tertiary/aromatic N) is 2. The Kier molecular flexibility index (Phi) is 1.42. The Morgan fingerprint density at radius 3 is 2.82 bits per heavy atom. The van der Waals surface area contributed by atoms with Crippen molar-refractivity contribution >= 4 is 11.6 Å². The lowest BCUT2D eigenvalue weighted by Crippen LogP contribution is -2.02. The second kappa shape index (κ2) is 2.21. The van der Waals surface area contributed by atoms with Crippen LogP contribution in [0.4, 0.5) is 0 Å². The monoisotopic (exact) mass is 171 g/mol. The Bertz CT molecular complexity index is 264. The number of aromatic nitrogens is 3. The molecule has 0 amide bonds. The average molecular weight is 172 g/mol. The highest BCUT2D eigenvalue weighted by molar-refractivity contribution is 6.16. The Morgan fingerprint density at radius 2 is 2.36 bits per heavy atom. The van der Waals surface area contributed by atoms with E-state index < -0.39 is 0 Å². The molecule has 0 saturated heterocycles. The molecule has 1 aromatic rings. The summed E-state index contributed by atoms with van der Waals surface area (Å²) in [5, 5.41) is 6.91. The highest BCUT2D eigenvalue weighted by Gasteiger charge is 2.42. The number of aromatic amines is 1. The van der Waals surface area contributed by atoms with E-state index in [-0.39, 0.29) is 5.41 Å². The largest absolute Gasteiger partial charge is 0.262 e. The van der Waals surface area contributed by atoms with Gasteiger partial charge in [0.15, 0.2) is 5.82 Å². The zero-order chi connectivity index (χ0) is 7.90. The summed E-state index contributed by atoms with van der Waals surface area (Å²) in [6.07, 6.45) is 2.40. The van der Waals surface area contributed by atoms with Gasteiger partial charge in [0.2, 0.25) is 0 Å². The molecule has 0 spiro atoms. The Morgan fingerprint density at radius 1 is 1.64 bits per heavy atom. The van der Waals surface area contributed by atoms with Crippen LogP contribution in [0.3, 0.4) is 0 Å². The lowest BCUT2D eigenvalue weighted by Gasteiger charge is -1.97. The van der Waals surface area contributed by atoms with Gasteiger partial charge in [-0.3, -0.25) is 5.10 Å². The molecule has 0 aromatic carbocycles. The van der Waals surface area contributed by atoms with Gasteiger partial charge in [-0.1, -0.05) is 6.92 Å². The number of nitrogens with one attached hydrogen (secondary N) is 1. The molecule has 1 aliphatic rings. The summed E-state index contributed by atoms with van der Waals surface area (Å²) in [6, 6.07) is 0. The van der Waals surface area contributed by atoms with Gasteiger partial charge in [0, 0.05) is 5.41 Å². The minimum Gasteiger partial charge on any atom is -0.262 e. The summed E-state index contributed by atoms with van der Waals surface area (Å²) in [4.78, 5) is 4.26. The van der Waals surface area contributed by atoms with Gasteiger partial charge in [-0.25, -0.2) is 4.98 Å². The van der Waals surface area contributed by atoms with Crippen LogP contribution in [0.1, 0.15) is 31.4 Å². The Labute approximate surface area is 70.2 Å². The van der Waals surface area contributed by atoms with Crippen molar-refractivity contribution in [3.8, 4) is 0 Å². The van der Waals surface area contributed by atoms with Crippen LogP contribution < -0.4 is 0 Å². The fourth-order valence-electron chi connectivity index (χ4n) is 1.04. The van der Waals surface area contributed by atoms with Crippen molar-refractivity contribution in [3.05, 3.63) is 11.6 Å². The molecule has 4 heteroatoms. The first-order chi connectivity index (χ1) is 5.24. The Balaban J connectivity index is 2.25. The maximum atomic E-state index is 5.58. The lowest BCUT2D eigenvalue weighted by atomic mass is 10.1. The van der Waals surface area contributed by atoms with Crippen LogP contribution in [0.15, 0.2) is 0 Å². The molecule has 1 aliphatic carbocycles. The molecule has 1 N–H and O–H groups in total. The zero-order valence-corrected chi connectivity index (χ0v) is 7.15. The van der Waals surface area contributed by atoms with Crippen molar-refractivity contribution in [3.63, 3.8) is 0 Å². The minimum atomic E-state index is 0.251. The number of hydrogen-bond donors (Lipinski definition) is 1. The first kappa shape index (κ1) is 7.10. The highest BCUT2D eigenvalue weighted by atomic mass is 35.5. The third kappa shape index (κ3) is 1.13. The summed E-state index contributed by atoms with van der Waals surface area (Å²) in [6.45, 7) is 2.17. The van der Waals surface area contributed by atoms with Gasteiger partial charge in [-0.15, -0.1) is 11.6 Å². The maximum absolute atomic E-state index is 5.58. The zero-order valence-electron chi connectivity index (χ0n) is 6.39. The van der Waals surface area contributed by atoms with Gasteiger partial charge in [-0.2, -0.15) is 5.10 Å². The third-order valence-corrected chi connectivity index (χ3v) is 2.45. The van der Waals surface area contributed by atoms with Crippen molar-refractivity contribution < 1.29 is 0 Å². The lowest BCUT2D eigenvalue weighted by molar-refractivity contribution is 0.714. The fraction of sp³-hybridized carbons (Fsp3) is 0.714. The van der Waals surface area contributed by atoms with Crippen molar-refractivity contribution in [2.24, 2.45) is 0 Å². The van der Waals surface area contributed by atoms with Crippen LogP contribution >= 0.6 is 11.6 Å². The number of halogens is 1. The molecule has 2 rings (SSSR count). The minimum absolute atomic E-state index is 0.251. The predicted molar refractivity (Wildman–Crippen MR) is 42.5 cm³/mol. The van der Waals surface area contributed by atoms with E-state index in [9.17, 15) is 0 Å². The molecule has 0 bridgehead atoms. The maximum Gasteiger partial charge on any atom is 0.156 e. The predicted octanol–water partition coefficient (Wildman–Crippen LogP) is 1.59. The molecule has 1 saturated carbocycles. The smallest absolute Gasteiger partial charge is 0.156 e. The van der Waals surface area contributed by atoms with Gasteiger partial charge in [0.05, 0.1) is 5.88 Å². The molecule has 1 fully saturated rings. The van der Waals surface area contributed by atoms with Crippen molar-refractivity contribution in [2.45, 2.75) is 31.1 Å². The number of alkyl halides is 1. The van der Waals surface area contributed by atoms with Gasteiger partial charge in [0.25, 0.3) is 0 Å². The third-order valence-electron chi connectivity index (χ3n) is 2.20. The van der Waals surface area contributed by atoms with E-state index in [1.165, 1.54) is 12.8 Å². The van der Waals surface area contributed by atoms with E-state index >= 15 is 0 Å². The molecule has 11 heavy (non-hydrogen) atoms. The van der Waals surface area contributed by atoms with E-state index in [0.717, 1.165) is 11.6 Å². The van der Waals surface area contributed by atoms with Crippen LogP contribution in [0.2, 0.25) is 0 Å². The number of rotatable bonds is 2. The van der Waals surface area contributed by atoms with Crippen LogP contribution in [0.25, 0.3) is 0 Å². The summed E-state index contributed by atoms with van der Waals surface area (Å²) >= 11 is 5.58. The van der Waals surface area contributed by atoms with Crippen LogP contribution in [0, 0.1) is 0 Å². The van der Waals surface area contributed by atoms with E-state index in [4.69, 9.17) is 11.6 Å². The van der Waals surface area contributed by atoms with E-state index in [1.807, 2.05) is 0 Å². The number of hydrogen-bond acceptors (Lipinski definition) is 2. The second-order valence-electron chi connectivity index (χ2n) is 3.30. The first-order valence-electron chi connectivity index (χ1n) is 3.72. The summed E-state index contributed by atoms with van der Waals surface area (Å²) in [7, 11) is 0. The van der Waals surface area contributed by atoms with Crippen LogP contribution in [-0.4, -0.2) is 15.2 Å². The summed E-state index contributed by atoms with van der Waals surface area (Å²) in [5.41, 5.74) is 0.251. The summed E-state index contributed by atoms with van der Waals surface area (Å²) < 4.78 is 0. The van der Waals surface area contributed by atoms with E-state index in [2.05, 4.69) is 22.1 Å². The fourth-order valence-corrected chi connectivity index (χ4v) is 1.16. The molecule has 1 heterocycles. The highest BCUT2D eigenvalue weighted by Crippen LogP contribution is 2.45. The summed E-state index contributed by atoms with van der Waals surface area (Å²) in [5.74, 6) is 2.12. The van der Waals surface area contributed by atoms with Crippen LogP contribution in [-0.2, 0) is 11.3 Å². The molecular weight excluding hydrogens is 162 g/mol. The van der Waals surface area contributed by atoms with Gasteiger partial charge in [-0.05, 0) is 12.8 Å². The molecule has 0 unspecified atom stereocenters. The average Bonchev–Trinajstić information content (AvgIpc) is 2.61. The molecular formula is C7H10ClN3. The molecule has 1 aromatic heterocycles. The molecule has 0 atom stereocenters. The van der Waals surface area contributed by atoms with Gasteiger partial charge >= 0.3 is 0 Å². The van der Waals surface area contributed by atoms with Crippen molar-refractivity contribution in [1.82, 2.24) is 15.2 Å². The van der Waals surface area contributed by atoms with Crippen molar-refractivity contribution in [1.29, 1.82) is 0 Å². The second-order valence-corrected chi connectivity index (χ2v) is 3.57. The first-order valence-corrected chi connectivity index (χ1v) is 4.26. The number of H-pyrrole nitrogens is 1. The molecule has 0 radical (unpaired) electrons. The van der Waals surface area contributed by atoms with E-state index in [1.54, 1.807) is 0 Å². The molecule has 3 nitrogen and oxygen atoms in total. The SMILES string of the molecule is CC1(c2n[nH]c(CCl)n2)CC1. The van der Waals surface area contributed by atoms with Crippen LogP contribution in [0.5, 0.6) is 0 Å². The van der Waals surface area contributed by atoms with Gasteiger partial charge in [0.1, 0.15) is 5.82 Å². The normalized spacial score (nSPS) is 20.2. The van der Waals surface area contributed by atoms with E-state index in [0.29, 0.717) is 5.88 Å². The van der Waals surface area contributed by atoms with Gasteiger partial charge < -0.3 is 0 Å². The topological polar surface area (TPSA) is 41.6 Å².